The standard InChI is InChI=1S/C8H13F3N6O/c1-16(5-8(9,10)11)2-3-17-4-6(14-15-17)7(18)13-12/h4H,2-3,5,12H2,1H3,(H,13,18). The number of nitrogens with two attached hydrogens (primary N) is 1. The predicted molar refractivity (Wildman–Crippen MR) is 55.2 cm³/mol. The third-order valence-electron chi connectivity index (χ3n) is 2.06. The molecule has 0 radical (unpaired) electrons. The predicted octanol–water partition coefficient (Wildman–Crippen LogP) is -0.624. The number of rotatable bonds is 5. The minimum absolute atomic E-state index is 0.0102. The van der Waals surface area contributed by atoms with Gasteiger partial charge in [-0.15, -0.1) is 5.10 Å². The van der Waals surface area contributed by atoms with Crippen molar-refractivity contribution in [2.24, 2.45) is 5.84 Å². The second-order valence-corrected chi connectivity index (χ2v) is 3.69. The highest BCUT2D eigenvalue weighted by Gasteiger charge is 2.28. The Labute approximate surface area is 101 Å². The van der Waals surface area contributed by atoms with Crippen LogP contribution in [0.4, 0.5) is 13.2 Å². The van der Waals surface area contributed by atoms with Crippen LogP contribution in [0.5, 0.6) is 0 Å². The number of carbonyl (C=O) groups is 1. The number of halogens is 3. The molecule has 0 aliphatic carbocycles. The number of alkyl halides is 3. The molecule has 10 heteroatoms. The number of nitrogens with one attached hydrogen (secondary N) is 1. The quantitative estimate of drug-likeness (QED) is 0.421. The van der Waals surface area contributed by atoms with Crippen molar-refractivity contribution in [3.8, 4) is 0 Å². The van der Waals surface area contributed by atoms with Crippen LogP contribution in [-0.4, -0.2) is 52.1 Å². The number of hydrogen-bond donors (Lipinski definition) is 2. The number of likely N-dealkylation sites (N-methyl/N-ethyl adjacent to an activating group) is 1. The van der Waals surface area contributed by atoms with Crippen LogP contribution in [0.25, 0.3) is 0 Å². The van der Waals surface area contributed by atoms with Crippen LogP contribution in [0.1, 0.15) is 10.5 Å². The van der Waals surface area contributed by atoms with Crippen molar-refractivity contribution in [2.75, 3.05) is 20.1 Å². The van der Waals surface area contributed by atoms with Crippen LogP contribution in [0.3, 0.4) is 0 Å². The summed E-state index contributed by atoms with van der Waals surface area (Å²) in [6.45, 7) is -0.679. The Bertz CT molecular complexity index is 404. The Morgan fingerprint density at radius 3 is 2.83 bits per heavy atom. The molecular weight excluding hydrogens is 253 g/mol. The average molecular weight is 266 g/mol. The van der Waals surface area contributed by atoms with Gasteiger partial charge in [-0.2, -0.15) is 13.2 Å². The van der Waals surface area contributed by atoms with Crippen molar-refractivity contribution in [1.82, 2.24) is 25.3 Å². The van der Waals surface area contributed by atoms with Crippen molar-refractivity contribution in [3.05, 3.63) is 11.9 Å². The van der Waals surface area contributed by atoms with Gasteiger partial charge >= 0.3 is 6.18 Å². The second-order valence-electron chi connectivity index (χ2n) is 3.69. The number of nitrogen functional groups attached to an aromatic ring is 1. The summed E-state index contributed by atoms with van der Waals surface area (Å²) in [5, 5.41) is 7.12. The maximum atomic E-state index is 12.0. The average Bonchev–Trinajstić information content (AvgIpc) is 2.71. The summed E-state index contributed by atoms with van der Waals surface area (Å²) in [5.41, 5.74) is 1.89. The molecule has 0 fully saturated rings. The van der Waals surface area contributed by atoms with Crippen molar-refractivity contribution in [1.29, 1.82) is 0 Å². The van der Waals surface area contributed by atoms with E-state index in [1.54, 1.807) is 0 Å². The van der Waals surface area contributed by atoms with Crippen molar-refractivity contribution < 1.29 is 18.0 Å². The van der Waals surface area contributed by atoms with E-state index >= 15 is 0 Å². The molecule has 0 saturated heterocycles. The SMILES string of the molecule is CN(CCn1cc(C(=O)NN)nn1)CC(F)(F)F. The van der Waals surface area contributed by atoms with Crippen molar-refractivity contribution in [3.63, 3.8) is 0 Å². The molecule has 0 unspecified atom stereocenters. The van der Waals surface area contributed by atoms with Gasteiger partial charge in [0.05, 0.1) is 19.3 Å². The zero-order valence-corrected chi connectivity index (χ0v) is 9.61. The molecule has 102 valence electrons. The van der Waals surface area contributed by atoms with E-state index in [1.165, 1.54) is 17.9 Å². The van der Waals surface area contributed by atoms with Gasteiger partial charge in [0, 0.05) is 6.54 Å². The maximum absolute atomic E-state index is 12.0. The molecule has 0 aliphatic rings. The minimum atomic E-state index is -4.23. The molecule has 0 spiro atoms. The first-order valence-electron chi connectivity index (χ1n) is 4.98. The van der Waals surface area contributed by atoms with E-state index in [-0.39, 0.29) is 18.8 Å². The van der Waals surface area contributed by atoms with E-state index in [1.807, 2.05) is 5.43 Å². The van der Waals surface area contributed by atoms with Gasteiger partial charge in [-0.05, 0) is 7.05 Å². The van der Waals surface area contributed by atoms with E-state index in [0.717, 1.165) is 4.90 Å². The van der Waals surface area contributed by atoms with Gasteiger partial charge in [-0.25, -0.2) is 5.84 Å². The zero-order valence-electron chi connectivity index (χ0n) is 9.61. The third-order valence-corrected chi connectivity index (χ3v) is 2.06. The van der Waals surface area contributed by atoms with Crippen LogP contribution in [-0.2, 0) is 6.54 Å². The lowest BCUT2D eigenvalue weighted by Gasteiger charge is -2.17. The molecule has 7 nitrogen and oxygen atoms in total. The molecule has 0 saturated carbocycles. The van der Waals surface area contributed by atoms with Gasteiger partial charge in [0.1, 0.15) is 0 Å². The molecule has 1 aromatic heterocycles. The highest BCUT2D eigenvalue weighted by Crippen LogP contribution is 2.15. The number of nitrogens with zero attached hydrogens (tertiary/aromatic N) is 4. The lowest BCUT2D eigenvalue weighted by Crippen LogP contribution is -2.33. The van der Waals surface area contributed by atoms with Crippen LogP contribution in [0, 0.1) is 0 Å². The molecule has 1 heterocycles. The van der Waals surface area contributed by atoms with Gasteiger partial charge in [-0.1, -0.05) is 5.21 Å². The first kappa shape index (κ1) is 14.4. The molecular formula is C8H13F3N6O. The zero-order chi connectivity index (χ0) is 13.8. The van der Waals surface area contributed by atoms with Gasteiger partial charge in [-0.3, -0.25) is 19.8 Å². The van der Waals surface area contributed by atoms with Gasteiger partial charge in [0.15, 0.2) is 5.69 Å². The normalized spacial score (nSPS) is 11.9. The van der Waals surface area contributed by atoms with E-state index in [9.17, 15) is 18.0 Å². The largest absolute Gasteiger partial charge is 0.401 e. The fourth-order valence-corrected chi connectivity index (χ4v) is 1.24. The number of amides is 1. The Kier molecular flexibility index (Phi) is 4.62. The lowest BCUT2D eigenvalue weighted by molar-refractivity contribution is -0.143. The molecule has 1 rings (SSSR count). The van der Waals surface area contributed by atoms with Gasteiger partial charge in [0.2, 0.25) is 0 Å². The number of carbonyl (C=O) groups excluding carboxylic acids is 1. The Balaban J connectivity index is 2.44. The summed E-state index contributed by atoms with van der Waals surface area (Å²) in [5.74, 6) is 4.29. The molecule has 18 heavy (non-hydrogen) atoms. The summed E-state index contributed by atoms with van der Waals surface area (Å²) in [7, 11) is 1.35. The fraction of sp³-hybridized carbons (Fsp3) is 0.625. The second kappa shape index (κ2) is 5.78. The Morgan fingerprint density at radius 1 is 1.61 bits per heavy atom. The summed E-state index contributed by atoms with van der Waals surface area (Å²) in [6, 6.07) is 0. The first-order valence-corrected chi connectivity index (χ1v) is 4.98. The Morgan fingerprint density at radius 2 is 2.28 bits per heavy atom. The molecule has 0 aromatic carbocycles. The topological polar surface area (TPSA) is 89.1 Å². The van der Waals surface area contributed by atoms with E-state index in [2.05, 4.69) is 10.3 Å². The van der Waals surface area contributed by atoms with Crippen molar-refractivity contribution >= 4 is 5.91 Å². The van der Waals surface area contributed by atoms with E-state index in [4.69, 9.17) is 5.84 Å². The molecule has 1 aromatic rings. The third kappa shape index (κ3) is 4.67. The lowest BCUT2D eigenvalue weighted by atomic mass is 10.4. The maximum Gasteiger partial charge on any atom is 0.401 e. The highest BCUT2D eigenvalue weighted by atomic mass is 19.4. The smallest absolute Gasteiger partial charge is 0.296 e. The van der Waals surface area contributed by atoms with Gasteiger partial charge < -0.3 is 0 Å². The number of hydrogen-bond acceptors (Lipinski definition) is 5. The first-order chi connectivity index (χ1) is 8.31. The van der Waals surface area contributed by atoms with Crippen LogP contribution in [0.15, 0.2) is 6.20 Å². The molecule has 0 bridgehead atoms. The van der Waals surface area contributed by atoms with E-state index in [0.29, 0.717) is 0 Å². The van der Waals surface area contributed by atoms with E-state index < -0.39 is 18.6 Å². The molecule has 3 N–H and O–H groups in total. The summed E-state index contributed by atoms with van der Waals surface area (Å²) in [6.07, 6.45) is -2.93. The molecule has 0 aliphatic heterocycles. The monoisotopic (exact) mass is 266 g/mol. The number of hydrazine groups is 1. The van der Waals surface area contributed by atoms with Crippen LogP contribution in [0.2, 0.25) is 0 Å². The fourth-order valence-electron chi connectivity index (χ4n) is 1.24. The molecule has 0 atom stereocenters. The summed E-state index contributed by atoms with van der Waals surface area (Å²) >= 11 is 0. The Hall–Kier alpha value is -1.68. The van der Waals surface area contributed by atoms with Crippen LogP contribution >= 0.6 is 0 Å². The summed E-state index contributed by atoms with van der Waals surface area (Å²) in [4.78, 5) is 12.1. The minimum Gasteiger partial charge on any atom is -0.296 e. The number of aromatic nitrogens is 3. The molecule has 1 amide bonds. The van der Waals surface area contributed by atoms with Crippen LogP contribution < -0.4 is 11.3 Å². The summed E-state index contributed by atoms with van der Waals surface area (Å²) < 4.78 is 37.4. The van der Waals surface area contributed by atoms with Crippen molar-refractivity contribution in [2.45, 2.75) is 12.7 Å². The highest BCUT2D eigenvalue weighted by molar-refractivity contribution is 5.91. The van der Waals surface area contributed by atoms with Gasteiger partial charge in [0.25, 0.3) is 5.91 Å².